The fraction of sp³-hybridized carbons (Fsp3) is 0.200. The molecule has 0 saturated carbocycles. The first-order chi connectivity index (χ1) is 9.88. The molecule has 3 rings (SSSR count). The van der Waals surface area contributed by atoms with Gasteiger partial charge < -0.3 is 18.6 Å². The van der Waals surface area contributed by atoms with Crippen LogP contribution in [0.15, 0.2) is 58.0 Å². The molecule has 0 atom stereocenters. The molecule has 3 aromatic rings. The van der Waals surface area contributed by atoms with Crippen LogP contribution in [-0.2, 0) is 0 Å². The molecular formula is C15H16NO3Si. The van der Waals surface area contributed by atoms with Crippen LogP contribution in [0.1, 0.15) is 0 Å². The van der Waals surface area contributed by atoms with Crippen LogP contribution in [0.2, 0.25) is 6.04 Å². The fourth-order valence-electron chi connectivity index (χ4n) is 2.10. The number of rotatable bonds is 6. The Kier molecular flexibility index (Phi) is 3.89. The number of hydrogen-bond donors (Lipinski definition) is 1. The molecular weight excluding hydrogens is 270 g/mol. The van der Waals surface area contributed by atoms with Gasteiger partial charge in [0.2, 0.25) is 0 Å². The lowest BCUT2D eigenvalue weighted by Gasteiger charge is -2.15. The number of nitrogens with one attached hydrogen (secondary N) is 1. The smallest absolute Gasteiger partial charge is 0.321 e. The minimum atomic E-state index is -1.16. The molecule has 4 nitrogen and oxygen atoms in total. The zero-order chi connectivity index (χ0) is 13.8. The van der Waals surface area contributed by atoms with E-state index in [9.17, 15) is 0 Å². The molecule has 1 N–H and O–H groups in total. The van der Waals surface area contributed by atoms with Gasteiger partial charge in [-0.05, 0) is 43.9 Å². The van der Waals surface area contributed by atoms with Gasteiger partial charge in [-0.3, -0.25) is 0 Å². The Morgan fingerprint density at radius 1 is 1.20 bits per heavy atom. The Labute approximate surface area is 119 Å². The Morgan fingerprint density at radius 3 is 2.95 bits per heavy atom. The molecule has 0 aliphatic rings. The Balaban J connectivity index is 1.87. The summed E-state index contributed by atoms with van der Waals surface area (Å²) in [7, 11) is 0.789. The third-order valence-electron chi connectivity index (χ3n) is 3.13. The lowest BCUT2D eigenvalue weighted by atomic mass is 10.2. The first-order valence-electron chi connectivity index (χ1n) is 6.55. The van der Waals surface area contributed by atoms with Crippen LogP contribution >= 0.6 is 0 Å². The van der Waals surface area contributed by atoms with Gasteiger partial charge in [0.05, 0.1) is 24.2 Å². The first kappa shape index (κ1) is 13.0. The highest BCUT2D eigenvalue weighted by Gasteiger charge is 2.20. The zero-order valence-electron chi connectivity index (χ0n) is 11.3. The van der Waals surface area contributed by atoms with Crippen molar-refractivity contribution in [1.82, 2.24) is 5.32 Å². The summed E-state index contributed by atoms with van der Waals surface area (Å²) in [5.41, 5.74) is 0.852. The minimum absolute atomic E-state index is 0.852. The molecule has 0 aliphatic carbocycles. The lowest BCUT2D eigenvalue weighted by molar-refractivity contribution is 0.563. The number of furan rings is 2. The van der Waals surface area contributed by atoms with E-state index in [1.165, 1.54) is 0 Å². The molecule has 1 radical (unpaired) electrons. The summed E-state index contributed by atoms with van der Waals surface area (Å²) in [5.74, 6) is 0.877. The van der Waals surface area contributed by atoms with E-state index in [2.05, 4.69) is 5.32 Å². The second kappa shape index (κ2) is 5.98. The Hall–Kier alpha value is -1.98. The van der Waals surface area contributed by atoms with Gasteiger partial charge in [-0.1, -0.05) is 6.07 Å². The van der Waals surface area contributed by atoms with E-state index in [0.29, 0.717) is 0 Å². The molecule has 1 aromatic carbocycles. The number of benzene rings is 1. The van der Waals surface area contributed by atoms with E-state index in [1.807, 2.05) is 37.4 Å². The molecule has 5 heteroatoms. The van der Waals surface area contributed by atoms with Crippen molar-refractivity contribution in [3.05, 3.63) is 49.1 Å². The van der Waals surface area contributed by atoms with Crippen LogP contribution in [0, 0.1) is 0 Å². The molecule has 0 spiro atoms. The summed E-state index contributed by atoms with van der Waals surface area (Å²) in [5, 5.41) is 5.34. The third kappa shape index (κ3) is 2.64. The summed E-state index contributed by atoms with van der Waals surface area (Å²) in [6.45, 7) is 0.917. The van der Waals surface area contributed by atoms with E-state index in [4.69, 9.17) is 13.3 Å². The Bertz CT molecular complexity index is 663. The highest BCUT2D eigenvalue weighted by Crippen LogP contribution is 2.27. The maximum absolute atomic E-state index is 6.27. The van der Waals surface area contributed by atoms with Crippen LogP contribution in [0.4, 0.5) is 0 Å². The van der Waals surface area contributed by atoms with Gasteiger partial charge in [-0.15, -0.1) is 0 Å². The average Bonchev–Trinajstić information content (AvgIpc) is 3.14. The van der Waals surface area contributed by atoms with Crippen molar-refractivity contribution in [3.8, 4) is 5.75 Å². The van der Waals surface area contributed by atoms with Gasteiger partial charge >= 0.3 is 9.04 Å². The van der Waals surface area contributed by atoms with E-state index in [0.717, 1.165) is 34.5 Å². The van der Waals surface area contributed by atoms with E-state index < -0.39 is 9.04 Å². The topological polar surface area (TPSA) is 47.5 Å². The lowest BCUT2D eigenvalue weighted by Crippen LogP contribution is -2.37. The normalized spacial score (nSPS) is 11.3. The van der Waals surface area contributed by atoms with Crippen LogP contribution in [0.25, 0.3) is 11.0 Å². The van der Waals surface area contributed by atoms with E-state index in [1.54, 1.807) is 18.8 Å². The number of hydrogen-bond acceptors (Lipinski definition) is 4. The molecule has 0 bridgehead atoms. The largest absolute Gasteiger partial charge is 0.537 e. The minimum Gasteiger partial charge on any atom is -0.537 e. The summed E-state index contributed by atoms with van der Waals surface area (Å²) in [6.07, 6.45) is 5.16. The van der Waals surface area contributed by atoms with Gasteiger partial charge in [-0.2, -0.15) is 0 Å². The summed E-state index contributed by atoms with van der Waals surface area (Å²) in [4.78, 5) is 0. The second-order valence-corrected chi connectivity index (χ2v) is 6.61. The van der Waals surface area contributed by atoms with Crippen molar-refractivity contribution < 1.29 is 13.3 Å². The summed E-state index contributed by atoms with van der Waals surface area (Å²) < 4.78 is 16.9. The van der Waals surface area contributed by atoms with Gasteiger partial charge in [0.1, 0.15) is 11.3 Å². The van der Waals surface area contributed by atoms with Gasteiger partial charge in [0.15, 0.2) is 0 Å². The van der Waals surface area contributed by atoms with Gasteiger partial charge in [-0.25, -0.2) is 0 Å². The van der Waals surface area contributed by atoms with Crippen molar-refractivity contribution in [2.45, 2.75) is 6.04 Å². The van der Waals surface area contributed by atoms with Crippen LogP contribution in [0.5, 0.6) is 5.75 Å². The molecule has 103 valence electrons. The highest BCUT2D eigenvalue weighted by atomic mass is 28.3. The Morgan fingerprint density at radius 2 is 2.15 bits per heavy atom. The molecule has 20 heavy (non-hydrogen) atoms. The molecule has 0 fully saturated rings. The predicted octanol–water partition coefficient (Wildman–Crippen LogP) is 2.52. The molecule has 0 amide bonds. The van der Waals surface area contributed by atoms with Crippen molar-refractivity contribution in [2.75, 3.05) is 13.6 Å². The summed E-state index contributed by atoms with van der Waals surface area (Å²) >= 11 is 0. The van der Waals surface area contributed by atoms with Crippen LogP contribution in [-0.4, -0.2) is 22.6 Å². The zero-order valence-corrected chi connectivity index (χ0v) is 12.3. The van der Waals surface area contributed by atoms with E-state index >= 15 is 0 Å². The van der Waals surface area contributed by atoms with Crippen LogP contribution in [0.3, 0.4) is 0 Å². The maximum Gasteiger partial charge on any atom is 0.321 e. The van der Waals surface area contributed by atoms with Crippen molar-refractivity contribution >= 4 is 25.2 Å². The van der Waals surface area contributed by atoms with Gasteiger partial charge in [0, 0.05) is 5.19 Å². The quantitative estimate of drug-likeness (QED) is 0.707. The predicted molar refractivity (Wildman–Crippen MR) is 79.7 cm³/mol. The molecule has 0 unspecified atom stereocenters. The number of fused-ring (bicyclic) bond motifs is 1. The molecule has 0 aliphatic heterocycles. The highest BCUT2D eigenvalue weighted by molar-refractivity contribution is 6.68. The fourth-order valence-corrected chi connectivity index (χ4v) is 3.99. The third-order valence-corrected chi connectivity index (χ3v) is 5.23. The molecule has 2 aromatic heterocycles. The monoisotopic (exact) mass is 286 g/mol. The maximum atomic E-state index is 6.27. The standard InChI is InChI=1S/C15H16NO3Si/c1-16-7-10-20(12-5-8-17-11-12)19-15-4-2-3-14-13(15)6-9-18-14/h2-6,8-9,11,16H,7,10H2,1H3. The molecule has 0 saturated heterocycles. The molecule has 2 heterocycles. The van der Waals surface area contributed by atoms with Crippen molar-refractivity contribution in [3.63, 3.8) is 0 Å². The van der Waals surface area contributed by atoms with E-state index in [-0.39, 0.29) is 0 Å². The van der Waals surface area contributed by atoms with Gasteiger partial charge in [0.25, 0.3) is 0 Å². The summed E-state index contributed by atoms with van der Waals surface area (Å²) in [6, 6.07) is 10.8. The van der Waals surface area contributed by atoms with Crippen LogP contribution < -0.4 is 14.9 Å². The van der Waals surface area contributed by atoms with Crippen molar-refractivity contribution in [2.24, 2.45) is 0 Å². The average molecular weight is 286 g/mol. The first-order valence-corrected chi connectivity index (χ1v) is 8.17. The SMILES string of the molecule is CNCC[Si](Oc1cccc2occc12)c1ccoc1. The van der Waals surface area contributed by atoms with Crippen molar-refractivity contribution in [1.29, 1.82) is 0 Å². The second-order valence-electron chi connectivity index (χ2n) is 4.48.